The average molecular weight is 393 g/mol. The summed E-state index contributed by atoms with van der Waals surface area (Å²) in [6.45, 7) is 5.42. The van der Waals surface area contributed by atoms with Gasteiger partial charge < -0.3 is 15.1 Å². The Balaban J connectivity index is 1.72. The molecule has 26 heavy (non-hydrogen) atoms. The Bertz CT molecular complexity index is 782. The van der Waals surface area contributed by atoms with Crippen molar-refractivity contribution in [3.63, 3.8) is 0 Å². The number of carbonyl (C=O) groups excluding carboxylic acids is 1. The van der Waals surface area contributed by atoms with Gasteiger partial charge in [0.1, 0.15) is 10.8 Å². The lowest BCUT2D eigenvalue weighted by Gasteiger charge is -2.39. The molecular formula is C19H22Cl2N4O. The van der Waals surface area contributed by atoms with Crippen LogP contribution in [0.5, 0.6) is 0 Å². The second kappa shape index (κ2) is 8.25. The summed E-state index contributed by atoms with van der Waals surface area (Å²) in [7, 11) is 2.11. The fraction of sp³-hybridized carbons (Fsp3) is 0.368. The molecule has 1 atom stereocenters. The van der Waals surface area contributed by atoms with Crippen molar-refractivity contribution >= 4 is 34.8 Å². The Hall–Kier alpha value is -1.82. The largest absolute Gasteiger partial charge is 0.366 e. The van der Waals surface area contributed by atoms with Gasteiger partial charge in [-0.25, -0.2) is 4.98 Å². The highest BCUT2D eigenvalue weighted by molar-refractivity contribution is 6.30. The molecule has 0 spiro atoms. The molecule has 3 rings (SSSR count). The lowest BCUT2D eigenvalue weighted by atomic mass is 10.1. The third-order valence-electron chi connectivity index (χ3n) is 4.54. The summed E-state index contributed by atoms with van der Waals surface area (Å²) in [5.74, 6) is -0.245. The number of benzene rings is 1. The normalized spacial score (nSPS) is 18.0. The average Bonchev–Trinajstić information content (AvgIpc) is 2.60. The zero-order valence-electron chi connectivity index (χ0n) is 14.9. The standard InChI is InChI=1S/C19H22Cl2N4O/c1-13-12-24(2)7-8-25(13)16-9-17(23-18(21)10-16)19(26)22-11-14-3-5-15(20)6-4-14/h3-6,9-10,13H,7-8,11-12H2,1-2H3,(H,22,26)/t13-/m1/s1. The van der Waals surface area contributed by atoms with Crippen LogP contribution in [0.4, 0.5) is 5.69 Å². The number of pyridine rings is 1. The van der Waals surface area contributed by atoms with Gasteiger partial charge in [0.15, 0.2) is 0 Å². The molecule has 1 N–H and O–H groups in total. The SMILES string of the molecule is C[C@@H]1CN(C)CCN1c1cc(Cl)nc(C(=O)NCc2ccc(Cl)cc2)c1. The van der Waals surface area contributed by atoms with E-state index in [1.54, 1.807) is 12.1 Å². The van der Waals surface area contributed by atoms with Crippen molar-refractivity contribution in [3.8, 4) is 0 Å². The zero-order chi connectivity index (χ0) is 18.7. The van der Waals surface area contributed by atoms with E-state index >= 15 is 0 Å². The topological polar surface area (TPSA) is 48.5 Å². The number of rotatable bonds is 4. The van der Waals surface area contributed by atoms with E-state index in [0.29, 0.717) is 28.5 Å². The molecule has 7 heteroatoms. The van der Waals surface area contributed by atoms with E-state index in [-0.39, 0.29) is 5.91 Å². The first kappa shape index (κ1) is 19.0. The van der Waals surface area contributed by atoms with Gasteiger partial charge in [-0.15, -0.1) is 0 Å². The summed E-state index contributed by atoms with van der Waals surface area (Å²) in [5, 5.41) is 3.87. The van der Waals surface area contributed by atoms with Crippen LogP contribution in [0.2, 0.25) is 10.2 Å². The van der Waals surface area contributed by atoms with Crippen LogP contribution in [0, 0.1) is 0 Å². The Kier molecular flexibility index (Phi) is 6.01. The third-order valence-corrected chi connectivity index (χ3v) is 4.99. The van der Waals surface area contributed by atoms with Gasteiger partial charge in [0, 0.05) is 42.9 Å². The van der Waals surface area contributed by atoms with Gasteiger partial charge in [-0.1, -0.05) is 35.3 Å². The molecule has 0 bridgehead atoms. The van der Waals surface area contributed by atoms with Crippen molar-refractivity contribution in [1.29, 1.82) is 0 Å². The minimum atomic E-state index is -0.245. The molecule has 1 aliphatic heterocycles. The molecule has 5 nitrogen and oxygen atoms in total. The maximum absolute atomic E-state index is 12.5. The van der Waals surface area contributed by atoms with Crippen molar-refractivity contribution in [2.45, 2.75) is 19.5 Å². The molecule has 1 fully saturated rings. The Morgan fingerprint density at radius 2 is 1.96 bits per heavy atom. The van der Waals surface area contributed by atoms with Gasteiger partial charge in [-0.3, -0.25) is 4.79 Å². The molecule has 2 heterocycles. The van der Waals surface area contributed by atoms with E-state index < -0.39 is 0 Å². The van der Waals surface area contributed by atoms with Crippen LogP contribution in [0.15, 0.2) is 36.4 Å². The molecule has 1 amide bonds. The van der Waals surface area contributed by atoms with Crippen LogP contribution >= 0.6 is 23.2 Å². The Labute approximate surface area is 163 Å². The second-order valence-corrected chi connectivity index (χ2v) is 7.47. The monoisotopic (exact) mass is 392 g/mol. The lowest BCUT2D eigenvalue weighted by molar-refractivity contribution is 0.0946. The van der Waals surface area contributed by atoms with Crippen molar-refractivity contribution in [2.75, 3.05) is 31.6 Å². The van der Waals surface area contributed by atoms with Crippen molar-refractivity contribution in [2.24, 2.45) is 0 Å². The minimum Gasteiger partial charge on any atom is -0.366 e. The minimum absolute atomic E-state index is 0.245. The third kappa shape index (κ3) is 4.67. The zero-order valence-corrected chi connectivity index (χ0v) is 16.4. The molecule has 138 valence electrons. The Morgan fingerprint density at radius 1 is 1.23 bits per heavy atom. The maximum atomic E-state index is 12.5. The molecule has 1 saturated heterocycles. The summed E-state index contributed by atoms with van der Waals surface area (Å²) in [6.07, 6.45) is 0. The van der Waals surface area contributed by atoms with E-state index in [1.807, 2.05) is 24.3 Å². The number of hydrogen-bond donors (Lipinski definition) is 1. The number of hydrogen-bond acceptors (Lipinski definition) is 4. The quantitative estimate of drug-likeness (QED) is 0.809. The highest BCUT2D eigenvalue weighted by Crippen LogP contribution is 2.24. The van der Waals surface area contributed by atoms with E-state index in [0.717, 1.165) is 30.9 Å². The van der Waals surface area contributed by atoms with Gasteiger partial charge in [-0.05, 0) is 43.8 Å². The number of anilines is 1. The number of likely N-dealkylation sites (N-methyl/N-ethyl adjacent to an activating group) is 1. The fourth-order valence-corrected chi connectivity index (χ4v) is 3.49. The first-order chi connectivity index (χ1) is 12.4. The number of aromatic nitrogens is 1. The maximum Gasteiger partial charge on any atom is 0.270 e. The van der Waals surface area contributed by atoms with E-state index in [1.165, 1.54) is 0 Å². The van der Waals surface area contributed by atoms with Crippen LogP contribution in [0.3, 0.4) is 0 Å². The number of piperazine rings is 1. The smallest absolute Gasteiger partial charge is 0.270 e. The lowest BCUT2D eigenvalue weighted by Crippen LogP contribution is -2.50. The second-order valence-electron chi connectivity index (χ2n) is 6.65. The number of amides is 1. The highest BCUT2D eigenvalue weighted by Gasteiger charge is 2.23. The Morgan fingerprint density at radius 3 is 2.65 bits per heavy atom. The van der Waals surface area contributed by atoms with E-state index in [9.17, 15) is 4.79 Å². The van der Waals surface area contributed by atoms with Crippen molar-refractivity contribution < 1.29 is 4.79 Å². The van der Waals surface area contributed by atoms with Gasteiger partial charge in [0.05, 0.1) is 0 Å². The van der Waals surface area contributed by atoms with E-state index in [2.05, 4.69) is 34.1 Å². The van der Waals surface area contributed by atoms with Crippen LogP contribution < -0.4 is 10.2 Å². The van der Waals surface area contributed by atoms with Crippen molar-refractivity contribution in [1.82, 2.24) is 15.2 Å². The van der Waals surface area contributed by atoms with Crippen LogP contribution in [-0.4, -0.2) is 48.5 Å². The molecule has 0 saturated carbocycles. The highest BCUT2D eigenvalue weighted by atomic mass is 35.5. The van der Waals surface area contributed by atoms with Gasteiger partial charge >= 0.3 is 0 Å². The molecule has 2 aromatic rings. The number of nitrogens with one attached hydrogen (secondary N) is 1. The number of carbonyl (C=O) groups is 1. The van der Waals surface area contributed by atoms with E-state index in [4.69, 9.17) is 23.2 Å². The molecule has 1 aromatic carbocycles. The predicted octanol–water partition coefficient (Wildman–Crippen LogP) is 3.46. The summed E-state index contributed by atoms with van der Waals surface area (Å²) in [4.78, 5) is 21.3. The molecule has 0 radical (unpaired) electrons. The number of halogens is 2. The number of nitrogens with zero attached hydrogens (tertiary/aromatic N) is 3. The summed E-state index contributed by atoms with van der Waals surface area (Å²) in [5.41, 5.74) is 2.23. The first-order valence-corrected chi connectivity index (χ1v) is 9.33. The van der Waals surface area contributed by atoms with Gasteiger partial charge in [0.25, 0.3) is 5.91 Å². The summed E-state index contributed by atoms with van der Waals surface area (Å²) in [6, 6.07) is 11.3. The molecule has 1 aliphatic rings. The summed E-state index contributed by atoms with van der Waals surface area (Å²) < 4.78 is 0. The van der Waals surface area contributed by atoms with Crippen molar-refractivity contribution in [3.05, 3.63) is 57.8 Å². The molecule has 0 aliphatic carbocycles. The predicted molar refractivity (Wildman–Crippen MR) is 106 cm³/mol. The molecular weight excluding hydrogens is 371 g/mol. The van der Waals surface area contributed by atoms with Gasteiger partial charge in [-0.2, -0.15) is 0 Å². The molecule has 0 unspecified atom stereocenters. The first-order valence-electron chi connectivity index (χ1n) is 8.58. The van der Waals surface area contributed by atoms with Crippen LogP contribution in [0.25, 0.3) is 0 Å². The summed E-state index contributed by atoms with van der Waals surface area (Å²) >= 11 is 12.1. The fourth-order valence-electron chi connectivity index (χ4n) is 3.16. The van der Waals surface area contributed by atoms with Gasteiger partial charge in [0.2, 0.25) is 0 Å². The van der Waals surface area contributed by atoms with Crippen LogP contribution in [0.1, 0.15) is 23.0 Å². The van der Waals surface area contributed by atoms with Crippen LogP contribution in [-0.2, 0) is 6.54 Å². The molecule has 1 aromatic heterocycles.